The first kappa shape index (κ1) is 21.4. The molecule has 0 aliphatic heterocycles. The Hall–Kier alpha value is -2.89. The average Bonchev–Trinajstić information content (AvgIpc) is 2.64. The number of carbonyl (C=O) groups is 2. The van der Waals surface area contributed by atoms with Crippen molar-refractivity contribution in [2.45, 2.75) is 46.3 Å². The first-order valence-electron chi connectivity index (χ1n) is 9.30. The summed E-state index contributed by atoms with van der Waals surface area (Å²) in [5, 5.41) is 2.82. The van der Waals surface area contributed by atoms with Gasteiger partial charge in [0.15, 0.2) is 6.61 Å². The van der Waals surface area contributed by atoms with Crippen LogP contribution in [-0.2, 0) is 16.1 Å². The van der Waals surface area contributed by atoms with Crippen molar-refractivity contribution in [2.75, 3.05) is 6.61 Å². The van der Waals surface area contributed by atoms with Crippen molar-refractivity contribution in [3.8, 4) is 5.75 Å². The van der Waals surface area contributed by atoms with Gasteiger partial charge in [-0.15, -0.1) is 0 Å². The van der Waals surface area contributed by atoms with E-state index in [4.69, 9.17) is 4.74 Å². The number of benzene rings is 2. The molecule has 150 valence electrons. The minimum absolute atomic E-state index is 0.0405. The van der Waals surface area contributed by atoms with Crippen molar-refractivity contribution in [3.63, 3.8) is 0 Å². The monoisotopic (exact) mass is 386 g/mol. The van der Waals surface area contributed by atoms with E-state index >= 15 is 0 Å². The number of hydrogen-bond acceptors (Lipinski definition) is 3. The second kappa shape index (κ2) is 9.88. The first-order valence-corrected chi connectivity index (χ1v) is 9.30. The van der Waals surface area contributed by atoms with Crippen LogP contribution in [0, 0.1) is 12.7 Å². The van der Waals surface area contributed by atoms with Crippen LogP contribution in [-0.4, -0.2) is 35.4 Å². The van der Waals surface area contributed by atoms with E-state index in [1.807, 2.05) is 39.0 Å². The summed E-state index contributed by atoms with van der Waals surface area (Å²) in [6, 6.07) is 12.5. The molecular weight excluding hydrogens is 359 g/mol. The maximum absolute atomic E-state index is 13.2. The number of rotatable bonds is 8. The molecule has 1 N–H and O–H groups in total. The van der Waals surface area contributed by atoms with Gasteiger partial charge in [0.2, 0.25) is 5.91 Å². The van der Waals surface area contributed by atoms with Gasteiger partial charge >= 0.3 is 0 Å². The van der Waals surface area contributed by atoms with Crippen LogP contribution in [0.15, 0.2) is 48.5 Å². The Morgan fingerprint density at radius 3 is 2.39 bits per heavy atom. The Labute approximate surface area is 165 Å². The second-order valence-corrected chi connectivity index (χ2v) is 7.09. The summed E-state index contributed by atoms with van der Waals surface area (Å²) in [5.74, 6) is -0.331. The summed E-state index contributed by atoms with van der Waals surface area (Å²) in [6.45, 7) is 7.32. The Bertz CT molecular complexity index is 806. The summed E-state index contributed by atoms with van der Waals surface area (Å²) in [6.07, 6.45) is 0. The van der Waals surface area contributed by atoms with Crippen molar-refractivity contribution >= 4 is 11.8 Å². The predicted molar refractivity (Wildman–Crippen MR) is 106 cm³/mol. The second-order valence-electron chi connectivity index (χ2n) is 7.09. The van der Waals surface area contributed by atoms with Crippen LogP contribution >= 0.6 is 0 Å². The van der Waals surface area contributed by atoms with E-state index in [0.29, 0.717) is 5.75 Å². The summed E-state index contributed by atoms with van der Waals surface area (Å²) >= 11 is 0. The van der Waals surface area contributed by atoms with E-state index in [1.165, 1.54) is 17.0 Å². The zero-order valence-electron chi connectivity index (χ0n) is 16.7. The van der Waals surface area contributed by atoms with Crippen LogP contribution in [0.2, 0.25) is 0 Å². The Morgan fingerprint density at radius 1 is 1.11 bits per heavy atom. The SMILES string of the molecule is Cc1cccc(OCC(=O)N(Cc2ccc(F)cc2)[C@@H](C)C(=O)NC(C)C)c1. The predicted octanol–water partition coefficient (Wildman–Crippen LogP) is 3.45. The molecule has 0 saturated carbocycles. The lowest BCUT2D eigenvalue weighted by Crippen LogP contribution is -2.50. The van der Waals surface area contributed by atoms with Crippen molar-refractivity contribution < 1.29 is 18.7 Å². The molecule has 0 radical (unpaired) electrons. The minimum Gasteiger partial charge on any atom is -0.484 e. The largest absolute Gasteiger partial charge is 0.484 e. The summed E-state index contributed by atoms with van der Waals surface area (Å²) < 4.78 is 18.8. The lowest BCUT2D eigenvalue weighted by molar-refractivity contribution is -0.142. The molecule has 28 heavy (non-hydrogen) atoms. The zero-order chi connectivity index (χ0) is 20.7. The van der Waals surface area contributed by atoms with E-state index in [2.05, 4.69) is 5.32 Å². The van der Waals surface area contributed by atoms with Gasteiger partial charge in [0, 0.05) is 12.6 Å². The van der Waals surface area contributed by atoms with E-state index in [-0.39, 0.29) is 36.8 Å². The summed E-state index contributed by atoms with van der Waals surface area (Å²) in [7, 11) is 0. The van der Waals surface area contributed by atoms with E-state index in [9.17, 15) is 14.0 Å². The van der Waals surface area contributed by atoms with Crippen LogP contribution in [0.3, 0.4) is 0 Å². The average molecular weight is 386 g/mol. The van der Waals surface area contributed by atoms with Gasteiger partial charge in [-0.25, -0.2) is 4.39 Å². The zero-order valence-corrected chi connectivity index (χ0v) is 16.7. The highest BCUT2D eigenvalue weighted by atomic mass is 19.1. The summed E-state index contributed by atoms with van der Waals surface area (Å²) in [5.41, 5.74) is 1.76. The molecule has 5 nitrogen and oxygen atoms in total. The van der Waals surface area contributed by atoms with Crippen LogP contribution in [0.4, 0.5) is 4.39 Å². The van der Waals surface area contributed by atoms with Gasteiger partial charge in [-0.05, 0) is 63.1 Å². The first-order chi connectivity index (χ1) is 13.3. The highest BCUT2D eigenvalue weighted by molar-refractivity contribution is 5.88. The lowest BCUT2D eigenvalue weighted by atomic mass is 10.1. The van der Waals surface area contributed by atoms with Gasteiger partial charge in [-0.1, -0.05) is 24.3 Å². The van der Waals surface area contributed by atoms with Gasteiger partial charge < -0.3 is 15.0 Å². The molecule has 0 unspecified atom stereocenters. The van der Waals surface area contributed by atoms with Gasteiger partial charge in [-0.2, -0.15) is 0 Å². The molecule has 0 heterocycles. The van der Waals surface area contributed by atoms with Gasteiger partial charge in [0.25, 0.3) is 5.91 Å². The normalized spacial score (nSPS) is 11.8. The van der Waals surface area contributed by atoms with Crippen LogP contribution in [0.25, 0.3) is 0 Å². The maximum Gasteiger partial charge on any atom is 0.261 e. The van der Waals surface area contributed by atoms with E-state index < -0.39 is 6.04 Å². The van der Waals surface area contributed by atoms with Crippen LogP contribution in [0.5, 0.6) is 5.75 Å². The molecule has 0 fully saturated rings. The molecule has 2 aromatic rings. The third-order valence-corrected chi connectivity index (χ3v) is 4.22. The summed E-state index contributed by atoms with van der Waals surface area (Å²) in [4.78, 5) is 26.8. The molecule has 0 spiro atoms. The molecule has 1 atom stereocenters. The topological polar surface area (TPSA) is 58.6 Å². The molecule has 0 saturated heterocycles. The molecule has 0 aliphatic rings. The third-order valence-electron chi connectivity index (χ3n) is 4.22. The number of carbonyl (C=O) groups excluding carboxylic acids is 2. The fourth-order valence-corrected chi connectivity index (χ4v) is 2.71. The van der Waals surface area contributed by atoms with Gasteiger partial charge in [0.1, 0.15) is 17.6 Å². The maximum atomic E-state index is 13.2. The number of amides is 2. The molecule has 0 bridgehead atoms. The Morgan fingerprint density at radius 2 is 1.79 bits per heavy atom. The number of halogens is 1. The Balaban J connectivity index is 2.14. The number of nitrogens with zero attached hydrogens (tertiary/aromatic N) is 1. The Kier molecular flexibility index (Phi) is 7.55. The number of ether oxygens (including phenoxy) is 1. The minimum atomic E-state index is -0.693. The van der Waals surface area contributed by atoms with Crippen molar-refractivity contribution in [3.05, 3.63) is 65.5 Å². The number of hydrogen-bond donors (Lipinski definition) is 1. The smallest absolute Gasteiger partial charge is 0.261 e. The lowest BCUT2D eigenvalue weighted by Gasteiger charge is -2.29. The van der Waals surface area contributed by atoms with Gasteiger partial charge in [-0.3, -0.25) is 9.59 Å². The molecule has 2 aromatic carbocycles. The molecule has 2 rings (SSSR count). The number of nitrogens with one attached hydrogen (secondary N) is 1. The molecule has 6 heteroatoms. The fraction of sp³-hybridized carbons (Fsp3) is 0.364. The van der Waals surface area contributed by atoms with Crippen LogP contribution in [0.1, 0.15) is 31.9 Å². The van der Waals surface area contributed by atoms with E-state index in [0.717, 1.165) is 11.1 Å². The number of aryl methyl sites for hydroxylation is 1. The third kappa shape index (κ3) is 6.37. The molecular formula is C22H27FN2O3. The van der Waals surface area contributed by atoms with Crippen LogP contribution < -0.4 is 10.1 Å². The highest BCUT2D eigenvalue weighted by Crippen LogP contribution is 2.14. The van der Waals surface area contributed by atoms with Crippen molar-refractivity contribution in [2.24, 2.45) is 0 Å². The van der Waals surface area contributed by atoms with E-state index in [1.54, 1.807) is 25.1 Å². The van der Waals surface area contributed by atoms with Gasteiger partial charge in [0.05, 0.1) is 0 Å². The quantitative estimate of drug-likeness (QED) is 0.756. The highest BCUT2D eigenvalue weighted by Gasteiger charge is 2.26. The fourth-order valence-electron chi connectivity index (χ4n) is 2.71. The van der Waals surface area contributed by atoms with Crippen molar-refractivity contribution in [1.29, 1.82) is 0 Å². The standard InChI is InChI=1S/C22H27FN2O3/c1-15(2)24-22(27)17(4)25(13-18-8-10-19(23)11-9-18)21(26)14-28-20-7-5-6-16(3)12-20/h5-12,15,17H,13-14H2,1-4H3,(H,24,27)/t17-/m0/s1. The molecule has 0 aromatic heterocycles. The van der Waals surface area contributed by atoms with Crippen molar-refractivity contribution in [1.82, 2.24) is 10.2 Å². The molecule has 0 aliphatic carbocycles. The molecule has 2 amide bonds.